The van der Waals surface area contributed by atoms with E-state index in [9.17, 15) is 0 Å². The summed E-state index contributed by atoms with van der Waals surface area (Å²) in [6.45, 7) is 0. The highest BCUT2D eigenvalue weighted by molar-refractivity contribution is 5.65. The van der Waals surface area contributed by atoms with Crippen LogP contribution in [-0.2, 0) is 7.05 Å². The predicted octanol–water partition coefficient (Wildman–Crippen LogP) is 2.20. The Kier molecular flexibility index (Phi) is 3.04. The van der Waals surface area contributed by atoms with Crippen LogP contribution in [0.2, 0.25) is 0 Å². The first-order valence-electron chi connectivity index (χ1n) is 7.07. The minimum atomic E-state index is 0.584. The summed E-state index contributed by atoms with van der Waals surface area (Å²) >= 11 is 0. The number of aryl methyl sites for hydroxylation is 1. The third-order valence-corrected chi connectivity index (χ3v) is 3.64. The van der Waals surface area contributed by atoms with Gasteiger partial charge in [-0.25, -0.2) is 9.97 Å². The molecule has 0 aliphatic heterocycles. The van der Waals surface area contributed by atoms with Crippen LogP contribution in [0.15, 0.2) is 49.3 Å². The van der Waals surface area contributed by atoms with Crippen molar-refractivity contribution in [3.05, 3.63) is 49.3 Å². The van der Waals surface area contributed by atoms with Crippen molar-refractivity contribution in [2.75, 3.05) is 7.11 Å². The predicted molar refractivity (Wildman–Crippen MR) is 85.0 cm³/mol. The van der Waals surface area contributed by atoms with E-state index >= 15 is 0 Å². The van der Waals surface area contributed by atoms with E-state index in [-0.39, 0.29) is 0 Å². The van der Waals surface area contributed by atoms with Crippen LogP contribution >= 0.6 is 0 Å². The van der Waals surface area contributed by atoms with Crippen molar-refractivity contribution in [1.29, 1.82) is 0 Å². The van der Waals surface area contributed by atoms with Gasteiger partial charge in [0.1, 0.15) is 0 Å². The zero-order chi connectivity index (χ0) is 15.8. The first-order chi connectivity index (χ1) is 11.2. The Bertz CT molecular complexity index is 970. The van der Waals surface area contributed by atoms with E-state index < -0.39 is 0 Å². The Morgan fingerprint density at radius 3 is 2.52 bits per heavy atom. The Balaban J connectivity index is 1.83. The fourth-order valence-electron chi connectivity index (χ4n) is 2.46. The largest absolute Gasteiger partial charge is 0.481 e. The zero-order valence-corrected chi connectivity index (χ0v) is 12.7. The fraction of sp³-hybridized carbons (Fsp3) is 0.125. The molecule has 0 fully saturated rings. The van der Waals surface area contributed by atoms with Crippen LogP contribution in [0.25, 0.3) is 28.2 Å². The average Bonchev–Trinajstić information content (AvgIpc) is 3.20. The molecule has 0 radical (unpaired) electrons. The number of fused-ring (bicyclic) bond motifs is 1. The van der Waals surface area contributed by atoms with Gasteiger partial charge in [0.15, 0.2) is 5.65 Å². The van der Waals surface area contributed by atoms with E-state index in [0.29, 0.717) is 5.88 Å². The topological polar surface area (TPSA) is 70.1 Å². The van der Waals surface area contributed by atoms with Crippen molar-refractivity contribution in [3.8, 4) is 28.4 Å². The zero-order valence-electron chi connectivity index (χ0n) is 12.7. The minimum absolute atomic E-state index is 0.584. The number of hydrogen-bond acceptors (Lipinski definition) is 5. The van der Waals surface area contributed by atoms with Crippen molar-refractivity contribution in [2.24, 2.45) is 7.05 Å². The van der Waals surface area contributed by atoms with Gasteiger partial charge in [0, 0.05) is 42.8 Å². The van der Waals surface area contributed by atoms with Crippen molar-refractivity contribution >= 4 is 5.65 Å². The highest BCUT2D eigenvalue weighted by Gasteiger charge is 2.10. The van der Waals surface area contributed by atoms with Gasteiger partial charge in [0.25, 0.3) is 0 Å². The van der Waals surface area contributed by atoms with Crippen molar-refractivity contribution < 1.29 is 4.74 Å². The Morgan fingerprint density at radius 2 is 1.83 bits per heavy atom. The smallest absolute Gasteiger partial charge is 0.212 e. The number of imidazole rings is 1. The lowest BCUT2D eigenvalue weighted by Gasteiger charge is -2.04. The van der Waals surface area contributed by atoms with Crippen molar-refractivity contribution in [2.45, 2.75) is 0 Å². The number of methoxy groups -OCH3 is 1. The van der Waals surface area contributed by atoms with Crippen LogP contribution in [-0.4, -0.2) is 36.2 Å². The molecular weight excluding hydrogens is 292 g/mol. The van der Waals surface area contributed by atoms with E-state index in [4.69, 9.17) is 4.74 Å². The summed E-state index contributed by atoms with van der Waals surface area (Å²) in [7, 11) is 3.48. The molecule has 0 aromatic carbocycles. The van der Waals surface area contributed by atoms with Gasteiger partial charge in [-0.1, -0.05) is 0 Å². The minimum Gasteiger partial charge on any atom is -0.481 e. The number of aromatic nitrogens is 6. The molecule has 4 rings (SSSR count). The molecule has 4 aromatic rings. The summed E-state index contributed by atoms with van der Waals surface area (Å²) in [6.07, 6.45) is 11.0. The number of rotatable bonds is 3. The number of nitrogens with zero attached hydrogens (tertiary/aromatic N) is 6. The highest BCUT2D eigenvalue weighted by atomic mass is 16.5. The summed E-state index contributed by atoms with van der Waals surface area (Å²) in [5.74, 6) is 0.584. The summed E-state index contributed by atoms with van der Waals surface area (Å²) in [6, 6.07) is 3.79. The molecule has 0 spiro atoms. The second-order valence-electron chi connectivity index (χ2n) is 5.14. The van der Waals surface area contributed by atoms with E-state index in [0.717, 1.165) is 28.2 Å². The maximum Gasteiger partial charge on any atom is 0.212 e. The maximum absolute atomic E-state index is 5.10. The van der Waals surface area contributed by atoms with Gasteiger partial charge in [0.05, 0.1) is 37.1 Å². The molecule has 7 heteroatoms. The van der Waals surface area contributed by atoms with Crippen LogP contribution < -0.4 is 4.74 Å². The highest BCUT2D eigenvalue weighted by Crippen LogP contribution is 2.23. The number of hydrogen-bond donors (Lipinski definition) is 0. The first-order valence-corrected chi connectivity index (χ1v) is 7.07. The summed E-state index contributed by atoms with van der Waals surface area (Å²) < 4.78 is 8.85. The normalized spacial score (nSPS) is 11.0. The molecule has 0 aliphatic rings. The van der Waals surface area contributed by atoms with Crippen LogP contribution in [0.1, 0.15) is 0 Å². The Labute approximate surface area is 132 Å². The lowest BCUT2D eigenvalue weighted by molar-refractivity contribution is 0.398. The third kappa shape index (κ3) is 2.32. The average molecular weight is 306 g/mol. The summed E-state index contributed by atoms with van der Waals surface area (Å²) in [5.41, 5.74) is 4.49. The summed E-state index contributed by atoms with van der Waals surface area (Å²) in [5, 5.41) is 4.19. The Hall–Kier alpha value is -3.22. The quantitative estimate of drug-likeness (QED) is 0.580. The van der Waals surface area contributed by atoms with Crippen LogP contribution in [0.3, 0.4) is 0 Å². The fourth-order valence-corrected chi connectivity index (χ4v) is 2.46. The standard InChI is InChI=1S/C16H14N6O/c1-21-9-12(6-20-21)13-10-22-14(7-18-15(22)8-17-13)11-3-4-16(23-2)19-5-11/h3-10H,1-2H3. The third-order valence-electron chi connectivity index (χ3n) is 3.64. The van der Waals surface area contributed by atoms with Crippen molar-refractivity contribution in [3.63, 3.8) is 0 Å². The van der Waals surface area contributed by atoms with E-state index in [1.54, 1.807) is 30.4 Å². The van der Waals surface area contributed by atoms with Crippen LogP contribution in [0, 0.1) is 0 Å². The van der Waals surface area contributed by atoms with E-state index in [1.807, 2.05) is 42.2 Å². The summed E-state index contributed by atoms with van der Waals surface area (Å²) in [4.78, 5) is 13.1. The van der Waals surface area contributed by atoms with Gasteiger partial charge in [-0.15, -0.1) is 0 Å². The molecule has 23 heavy (non-hydrogen) atoms. The number of ether oxygens (including phenoxy) is 1. The molecule has 0 saturated carbocycles. The lowest BCUT2D eigenvalue weighted by Crippen LogP contribution is -1.93. The molecule has 114 valence electrons. The lowest BCUT2D eigenvalue weighted by atomic mass is 10.2. The van der Waals surface area contributed by atoms with Gasteiger partial charge in [-0.05, 0) is 6.07 Å². The molecule has 0 aliphatic carbocycles. The monoisotopic (exact) mass is 306 g/mol. The maximum atomic E-state index is 5.10. The van der Waals surface area contributed by atoms with Crippen molar-refractivity contribution in [1.82, 2.24) is 29.1 Å². The van der Waals surface area contributed by atoms with E-state index in [2.05, 4.69) is 20.1 Å². The van der Waals surface area contributed by atoms with Gasteiger partial charge in [-0.2, -0.15) is 5.10 Å². The SMILES string of the molecule is COc1ccc(-c2cnc3cnc(-c4cnn(C)c4)cn23)cn1. The second-order valence-corrected chi connectivity index (χ2v) is 5.14. The molecule has 0 unspecified atom stereocenters. The van der Waals surface area contributed by atoms with Gasteiger partial charge < -0.3 is 4.74 Å². The number of pyridine rings is 1. The molecule has 0 bridgehead atoms. The van der Waals surface area contributed by atoms with E-state index in [1.165, 1.54) is 0 Å². The van der Waals surface area contributed by atoms with Gasteiger partial charge in [0.2, 0.25) is 5.88 Å². The first kappa shape index (κ1) is 13.4. The molecule has 4 aromatic heterocycles. The molecule has 7 nitrogen and oxygen atoms in total. The second kappa shape index (κ2) is 5.20. The molecular formula is C16H14N6O. The molecule has 0 amide bonds. The van der Waals surface area contributed by atoms with Gasteiger partial charge in [-0.3, -0.25) is 14.1 Å². The van der Waals surface area contributed by atoms with Gasteiger partial charge >= 0.3 is 0 Å². The Morgan fingerprint density at radius 1 is 0.913 bits per heavy atom. The molecule has 0 saturated heterocycles. The molecule has 0 N–H and O–H groups in total. The van der Waals surface area contributed by atoms with Crippen LogP contribution in [0.4, 0.5) is 0 Å². The molecule has 0 atom stereocenters. The molecule has 4 heterocycles. The van der Waals surface area contributed by atoms with Crippen LogP contribution in [0.5, 0.6) is 5.88 Å².